The number of nitrogens with zero attached hydrogens (tertiary/aromatic N) is 2. The van der Waals surface area contributed by atoms with Crippen LogP contribution in [-0.4, -0.2) is 21.9 Å². The van der Waals surface area contributed by atoms with Gasteiger partial charge in [-0.15, -0.1) is 0 Å². The first-order valence-corrected chi connectivity index (χ1v) is 9.58. The number of hydrogen-bond donors (Lipinski definition) is 2. The van der Waals surface area contributed by atoms with Gasteiger partial charge in [-0.05, 0) is 31.5 Å². The van der Waals surface area contributed by atoms with Gasteiger partial charge in [0.25, 0.3) is 5.91 Å². The van der Waals surface area contributed by atoms with Gasteiger partial charge in [0.05, 0.1) is 12.2 Å². The van der Waals surface area contributed by atoms with Gasteiger partial charge in [0.15, 0.2) is 6.04 Å². The molecule has 1 aliphatic heterocycles. The zero-order valence-corrected chi connectivity index (χ0v) is 16.5. The van der Waals surface area contributed by atoms with E-state index in [-0.39, 0.29) is 17.8 Å². The number of aromatic nitrogens is 2. The van der Waals surface area contributed by atoms with Crippen molar-refractivity contribution in [2.75, 3.05) is 10.6 Å². The van der Waals surface area contributed by atoms with Crippen LogP contribution in [0.1, 0.15) is 45.6 Å². The fourth-order valence-electron chi connectivity index (χ4n) is 3.58. The molecule has 0 aliphatic carbocycles. The number of hydrogen-bond acceptors (Lipinski definition) is 3. The van der Waals surface area contributed by atoms with Gasteiger partial charge < -0.3 is 10.6 Å². The molecule has 5 nitrogen and oxygen atoms in total. The van der Waals surface area contributed by atoms with Gasteiger partial charge in [-0.1, -0.05) is 47.5 Å². The van der Waals surface area contributed by atoms with E-state index in [0.717, 1.165) is 21.4 Å². The smallest absolute Gasteiger partial charge is 0.363 e. The maximum atomic E-state index is 13.8. The van der Waals surface area contributed by atoms with Crippen molar-refractivity contribution in [2.24, 2.45) is 0 Å². The summed E-state index contributed by atoms with van der Waals surface area (Å²) in [5.74, 6) is -0.447. The largest absolute Gasteiger partial charge is 0.410 e. The highest BCUT2D eigenvalue weighted by Gasteiger charge is 2.47. The summed E-state index contributed by atoms with van der Waals surface area (Å²) in [4.78, 5) is 12.8. The zero-order chi connectivity index (χ0) is 21.5. The van der Waals surface area contributed by atoms with Crippen molar-refractivity contribution in [1.29, 1.82) is 0 Å². The molecule has 1 aromatic heterocycles. The molecule has 1 aliphatic rings. The second-order valence-electron chi connectivity index (χ2n) is 7.57. The van der Waals surface area contributed by atoms with E-state index in [4.69, 9.17) is 0 Å². The molecule has 1 amide bonds. The molecule has 3 aromatic rings. The van der Waals surface area contributed by atoms with Gasteiger partial charge in [0.2, 0.25) is 0 Å². The molecular formula is C22H21F3N4O. The predicted molar refractivity (Wildman–Crippen MR) is 109 cm³/mol. The van der Waals surface area contributed by atoms with Gasteiger partial charge in [0.1, 0.15) is 11.4 Å². The van der Waals surface area contributed by atoms with Crippen LogP contribution >= 0.6 is 0 Å². The summed E-state index contributed by atoms with van der Waals surface area (Å²) < 4.78 is 42.2. The average molecular weight is 414 g/mol. The normalized spacial score (nSPS) is 18.4. The molecule has 2 N–H and O–H groups in total. The highest BCUT2D eigenvalue weighted by atomic mass is 19.4. The van der Waals surface area contributed by atoms with E-state index in [0.29, 0.717) is 5.69 Å². The molecule has 0 spiro atoms. The number of benzene rings is 2. The van der Waals surface area contributed by atoms with E-state index in [1.54, 1.807) is 24.3 Å². The van der Waals surface area contributed by atoms with Crippen LogP contribution in [0.2, 0.25) is 0 Å². The molecule has 30 heavy (non-hydrogen) atoms. The minimum Gasteiger partial charge on any atom is -0.363 e. The summed E-state index contributed by atoms with van der Waals surface area (Å²) in [6.45, 7) is 3.84. The van der Waals surface area contributed by atoms with E-state index in [2.05, 4.69) is 15.7 Å². The minimum atomic E-state index is -4.49. The fourth-order valence-corrected chi connectivity index (χ4v) is 3.58. The van der Waals surface area contributed by atoms with Crippen LogP contribution in [0.25, 0.3) is 0 Å². The predicted octanol–water partition coefficient (Wildman–Crippen LogP) is 5.41. The van der Waals surface area contributed by atoms with Crippen molar-refractivity contribution in [1.82, 2.24) is 9.78 Å². The van der Waals surface area contributed by atoms with Gasteiger partial charge in [-0.3, -0.25) is 4.79 Å². The third-order valence-corrected chi connectivity index (χ3v) is 5.27. The average Bonchev–Trinajstić information content (AvgIpc) is 3.13. The molecule has 2 unspecified atom stereocenters. The molecule has 156 valence electrons. The van der Waals surface area contributed by atoms with Crippen LogP contribution in [-0.2, 0) is 0 Å². The number of carbonyl (C=O) groups excluding carboxylic acids is 1. The van der Waals surface area contributed by atoms with Gasteiger partial charge in [0, 0.05) is 12.1 Å². The third-order valence-electron chi connectivity index (χ3n) is 5.27. The number of nitrogens with one attached hydrogen (secondary N) is 2. The molecule has 8 heteroatoms. The molecule has 2 heterocycles. The van der Waals surface area contributed by atoms with Crippen LogP contribution in [0.3, 0.4) is 0 Å². The second kappa shape index (κ2) is 7.51. The lowest BCUT2D eigenvalue weighted by molar-refractivity contribution is -0.173. The molecular weight excluding hydrogens is 393 g/mol. The van der Waals surface area contributed by atoms with Crippen LogP contribution in [0.15, 0.2) is 54.7 Å². The van der Waals surface area contributed by atoms with Crippen LogP contribution in [0.4, 0.5) is 24.7 Å². The Balaban J connectivity index is 1.68. The number of amides is 1. The standard InChI is InChI=1S/C22H21F3N4O/c1-13-3-7-15(8-4-13)18-11-19(22(23,24)25)29-20(28-18)17(12-26-29)21(30)27-16-9-5-14(2)6-10-16/h3-10,12,18-19,28H,11H2,1-2H3,(H,27,30). The van der Waals surface area contributed by atoms with Crippen molar-refractivity contribution in [3.63, 3.8) is 0 Å². The Bertz CT molecular complexity index is 1060. The van der Waals surface area contributed by atoms with Crippen LogP contribution < -0.4 is 10.6 Å². The molecule has 0 saturated heterocycles. The first-order valence-electron chi connectivity index (χ1n) is 9.58. The fraction of sp³-hybridized carbons (Fsp3) is 0.273. The first kappa shape index (κ1) is 20.0. The third kappa shape index (κ3) is 3.90. The Morgan fingerprint density at radius 3 is 2.27 bits per heavy atom. The zero-order valence-electron chi connectivity index (χ0n) is 16.5. The lowest BCUT2D eigenvalue weighted by atomic mass is 9.96. The van der Waals surface area contributed by atoms with Gasteiger partial charge in [-0.2, -0.15) is 18.3 Å². The summed E-state index contributed by atoms with van der Waals surface area (Å²) in [5.41, 5.74) is 3.41. The number of halogens is 3. The number of rotatable bonds is 3. The van der Waals surface area contributed by atoms with Crippen molar-refractivity contribution in [2.45, 2.75) is 38.5 Å². The highest BCUT2D eigenvalue weighted by molar-refractivity contribution is 6.07. The number of fused-ring (bicyclic) bond motifs is 1. The molecule has 0 radical (unpaired) electrons. The maximum absolute atomic E-state index is 13.8. The summed E-state index contributed by atoms with van der Waals surface area (Å²) >= 11 is 0. The first-order chi connectivity index (χ1) is 14.2. The Kier molecular flexibility index (Phi) is 5.01. The molecule has 4 rings (SSSR count). The van der Waals surface area contributed by atoms with Crippen molar-refractivity contribution < 1.29 is 18.0 Å². The van der Waals surface area contributed by atoms with Crippen molar-refractivity contribution >= 4 is 17.4 Å². The van der Waals surface area contributed by atoms with E-state index in [1.165, 1.54) is 6.20 Å². The lowest BCUT2D eigenvalue weighted by Gasteiger charge is -2.34. The Morgan fingerprint density at radius 2 is 1.67 bits per heavy atom. The van der Waals surface area contributed by atoms with E-state index in [1.807, 2.05) is 38.1 Å². The monoisotopic (exact) mass is 414 g/mol. The summed E-state index contributed by atoms with van der Waals surface area (Å²) in [7, 11) is 0. The maximum Gasteiger partial charge on any atom is 0.410 e. The molecule has 0 saturated carbocycles. The van der Waals surface area contributed by atoms with Crippen LogP contribution in [0.5, 0.6) is 0 Å². The number of alkyl halides is 3. The summed E-state index contributed by atoms with van der Waals surface area (Å²) in [6.07, 6.45) is -3.51. The number of anilines is 2. The Morgan fingerprint density at radius 1 is 1.07 bits per heavy atom. The summed E-state index contributed by atoms with van der Waals surface area (Å²) in [6, 6.07) is 12.1. The number of aryl methyl sites for hydroxylation is 2. The number of carbonyl (C=O) groups is 1. The Hall–Kier alpha value is -3.29. The molecule has 0 fully saturated rings. The topological polar surface area (TPSA) is 59.0 Å². The molecule has 2 atom stereocenters. The Labute approximate surface area is 171 Å². The lowest BCUT2D eigenvalue weighted by Crippen LogP contribution is -2.36. The van der Waals surface area contributed by atoms with Gasteiger partial charge in [-0.25, -0.2) is 4.68 Å². The molecule has 0 bridgehead atoms. The van der Waals surface area contributed by atoms with E-state index < -0.39 is 24.2 Å². The van der Waals surface area contributed by atoms with Crippen molar-refractivity contribution in [3.05, 3.63) is 77.0 Å². The highest BCUT2D eigenvalue weighted by Crippen LogP contribution is 2.44. The van der Waals surface area contributed by atoms with Crippen LogP contribution in [0, 0.1) is 13.8 Å². The summed E-state index contributed by atoms with van der Waals surface area (Å²) in [5, 5.41) is 9.72. The SMILES string of the molecule is Cc1ccc(NC(=O)c2cnn3c2NC(c2ccc(C)cc2)CC3C(F)(F)F)cc1. The van der Waals surface area contributed by atoms with E-state index in [9.17, 15) is 18.0 Å². The van der Waals surface area contributed by atoms with Gasteiger partial charge >= 0.3 is 6.18 Å². The quantitative estimate of drug-likeness (QED) is 0.602. The second-order valence-corrected chi connectivity index (χ2v) is 7.57. The van der Waals surface area contributed by atoms with Crippen molar-refractivity contribution in [3.8, 4) is 0 Å². The van der Waals surface area contributed by atoms with E-state index >= 15 is 0 Å². The minimum absolute atomic E-state index is 0.0683. The molecule has 2 aromatic carbocycles.